The molecule has 1 amide bonds. The highest BCUT2D eigenvalue weighted by Crippen LogP contribution is 2.36. The Morgan fingerprint density at radius 2 is 1.73 bits per heavy atom. The van der Waals surface area contributed by atoms with E-state index < -0.39 is 15.8 Å². The molecule has 2 aromatic heterocycles. The molecule has 0 fully saturated rings. The Labute approximate surface area is 215 Å². The predicted octanol–water partition coefficient (Wildman–Crippen LogP) is 3.05. The lowest BCUT2D eigenvalue weighted by atomic mass is 9.89. The summed E-state index contributed by atoms with van der Waals surface area (Å²) >= 11 is 0. The summed E-state index contributed by atoms with van der Waals surface area (Å²) in [7, 11) is -3.27. The van der Waals surface area contributed by atoms with Crippen LogP contribution in [-0.2, 0) is 22.8 Å². The monoisotopic (exact) mass is 523 g/mol. The number of aromatic carboxylic acids is 1. The van der Waals surface area contributed by atoms with Crippen LogP contribution in [0, 0.1) is 5.92 Å². The average Bonchev–Trinajstić information content (AvgIpc) is 2.90. The number of nitrogens with zero attached hydrogens (tertiary/aromatic N) is 4. The van der Waals surface area contributed by atoms with Gasteiger partial charge in [0.2, 0.25) is 5.95 Å². The van der Waals surface area contributed by atoms with Crippen LogP contribution in [0.4, 0.5) is 5.95 Å². The van der Waals surface area contributed by atoms with Crippen molar-refractivity contribution in [2.75, 3.05) is 17.2 Å². The first kappa shape index (κ1) is 26.2. The summed E-state index contributed by atoms with van der Waals surface area (Å²) in [5, 5.41) is 12.0. The molecule has 37 heavy (non-hydrogen) atoms. The third kappa shape index (κ3) is 5.61. The molecule has 0 unspecified atom stereocenters. The fourth-order valence-electron chi connectivity index (χ4n) is 4.38. The summed E-state index contributed by atoms with van der Waals surface area (Å²) in [5.74, 6) is -0.709. The summed E-state index contributed by atoms with van der Waals surface area (Å²) in [6.45, 7) is 6.59. The fourth-order valence-corrected chi connectivity index (χ4v) is 5.27. The zero-order valence-corrected chi connectivity index (χ0v) is 21.7. The largest absolute Gasteiger partial charge is 0.478 e. The lowest BCUT2D eigenvalue weighted by Crippen LogP contribution is -2.40. The minimum Gasteiger partial charge on any atom is -0.478 e. The number of anilines is 1. The molecule has 1 aliphatic heterocycles. The minimum absolute atomic E-state index is 0.0259. The molecule has 1 aliphatic rings. The maximum Gasteiger partial charge on any atom is 0.338 e. The predicted molar refractivity (Wildman–Crippen MR) is 137 cm³/mol. The molecule has 2 N–H and O–H groups in total. The third-order valence-corrected chi connectivity index (χ3v) is 8.14. The fraction of sp³-hybridized carbons (Fsp3) is 0.346. The van der Waals surface area contributed by atoms with Gasteiger partial charge in [0.25, 0.3) is 5.91 Å². The average molecular weight is 524 g/mol. The highest BCUT2D eigenvalue weighted by molar-refractivity contribution is 7.91. The van der Waals surface area contributed by atoms with Gasteiger partial charge < -0.3 is 15.3 Å². The molecule has 10 nitrogen and oxygen atoms in total. The van der Waals surface area contributed by atoms with E-state index >= 15 is 0 Å². The number of hydrogen-bond donors (Lipinski definition) is 2. The van der Waals surface area contributed by atoms with Crippen molar-refractivity contribution < 1.29 is 23.1 Å². The number of carboxylic acids is 1. The molecule has 0 spiro atoms. The van der Waals surface area contributed by atoms with Crippen LogP contribution in [0.1, 0.15) is 64.3 Å². The summed E-state index contributed by atoms with van der Waals surface area (Å²) in [6.07, 6.45) is 4.78. The van der Waals surface area contributed by atoms with Gasteiger partial charge in [0.15, 0.2) is 9.84 Å². The SMILES string of the molecule is CCS(=O)(=O)c1ccc(CNC(=O)c2cnc3c(c2)CCN(c2ncc(C(=O)O)cn2)[C@H]3C(C)C)cc1. The van der Waals surface area contributed by atoms with E-state index in [1.165, 1.54) is 12.4 Å². The third-order valence-electron chi connectivity index (χ3n) is 6.39. The van der Waals surface area contributed by atoms with E-state index in [0.717, 1.165) is 16.8 Å². The molecule has 11 heteroatoms. The molecule has 1 aromatic carbocycles. The van der Waals surface area contributed by atoms with Crippen LogP contribution in [0.15, 0.2) is 53.8 Å². The zero-order valence-electron chi connectivity index (χ0n) is 20.9. The summed E-state index contributed by atoms with van der Waals surface area (Å²) in [4.78, 5) is 39.4. The topological polar surface area (TPSA) is 142 Å². The van der Waals surface area contributed by atoms with Crippen molar-refractivity contribution in [3.63, 3.8) is 0 Å². The van der Waals surface area contributed by atoms with Gasteiger partial charge in [-0.15, -0.1) is 0 Å². The Morgan fingerprint density at radius 1 is 1.08 bits per heavy atom. The normalized spacial score (nSPS) is 15.4. The number of sulfone groups is 1. The van der Waals surface area contributed by atoms with Crippen LogP contribution in [-0.4, -0.2) is 52.7 Å². The van der Waals surface area contributed by atoms with Crippen molar-refractivity contribution in [2.45, 2.75) is 44.7 Å². The smallest absolute Gasteiger partial charge is 0.338 e. The molecule has 4 rings (SSSR count). The van der Waals surface area contributed by atoms with Gasteiger partial charge in [-0.2, -0.15) is 0 Å². The number of carboxylic acid groups (broad SMARTS) is 1. The zero-order chi connectivity index (χ0) is 26.7. The standard InChI is InChI=1S/C26H29N5O5S/c1-4-37(35,36)21-7-5-17(6-8-21)12-28-24(32)19-11-18-9-10-31(23(16(2)3)22(18)27-13-19)26-29-14-20(15-30-26)25(33)34/h5-8,11,13-16,23H,4,9-10,12H2,1-3H3,(H,28,32)(H,33,34)/t23-/m0/s1. The second-order valence-electron chi connectivity index (χ2n) is 9.21. The Balaban J connectivity index is 1.48. The van der Waals surface area contributed by atoms with E-state index in [0.29, 0.717) is 24.5 Å². The number of benzene rings is 1. The first-order valence-corrected chi connectivity index (χ1v) is 13.7. The number of fused-ring (bicyclic) bond motifs is 1. The van der Waals surface area contributed by atoms with Gasteiger partial charge in [0, 0.05) is 31.7 Å². The summed E-state index contributed by atoms with van der Waals surface area (Å²) in [5.41, 5.74) is 3.08. The van der Waals surface area contributed by atoms with Crippen LogP contribution >= 0.6 is 0 Å². The number of carbonyl (C=O) groups is 2. The van der Waals surface area contributed by atoms with E-state index in [1.54, 1.807) is 37.4 Å². The van der Waals surface area contributed by atoms with Gasteiger partial charge in [-0.3, -0.25) is 9.78 Å². The second-order valence-corrected chi connectivity index (χ2v) is 11.5. The molecule has 0 aliphatic carbocycles. The molecular weight excluding hydrogens is 494 g/mol. The highest BCUT2D eigenvalue weighted by Gasteiger charge is 2.33. The Kier molecular flexibility index (Phi) is 7.53. The molecular formula is C26H29N5O5S. The molecule has 0 saturated heterocycles. The van der Waals surface area contributed by atoms with Crippen LogP contribution in [0.5, 0.6) is 0 Å². The Morgan fingerprint density at radius 3 is 2.32 bits per heavy atom. The van der Waals surface area contributed by atoms with Gasteiger partial charge in [-0.05, 0) is 41.7 Å². The van der Waals surface area contributed by atoms with E-state index in [4.69, 9.17) is 5.11 Å². The molecule has 3 aromatic rings. The number of pyridine rings is 1. The molecule has 0 radical (unpaired) electrons. The highest BCUT2D eigenvalue weighted by atomic mass is 32.2. The number of rotatable bonds is 8. The van der Waals surface area contributed by atoms with Crippen molar-refractivity contribution in [1.82, 2.24) is 20.3 Å². The van der Waals surface area contributed by atoms with Crippen molar-refractivity contribution >= 4 is 27.7 Å². The molecule has 3 heterocycles. The quantitative estimate of drug-likeness (QED) is 0.455. The van der Waals surface area contributed by atoms with Crippen molar-refractivity contribution in [3.8, 4) is 0 Å². The van der Waals surface area contributed by atoms with E-state index in [9.17, 15) is 18.0 Å². The van der Waals surface area contributed by atoms with Crippen LogP contribution < -0.4 is 10.2 Å². The maximum absolute atomic E-state index is 12.8. The van der Waals surface area contributed by atoms with Gasteiger partial charge >= 0.3 is 5.97 Å². The van der Waals surface area contributed by atoms with Crippen molar-refractivity contribution in [3.05, 3.63) is 76.9 Å². The van der Waals surface area contributed by atoms with Gasteiger partial charge in [0.1, 0.15) is 0 Å². The van der Waals surface area contributed by atoms with Gasteiger partial charge in [-0.25, -0.2) is 23.2 Å². The number of nitrogens with one attached hydrogen (secondary N) is 1. The molecule has 1 atom stereocenters. The molecule has 194 valence electrons. The molecule has 0 bridgehead atoms. The van der Waals surface area contributed by atoms with Crippen molar-refractivity contribution in [1.29, 1.82) is 0 Å². The number of carbonyl (C=O) groups excluding carboxylic acids is 1. The second kappa shape index (κ2) is 10.6. The lowest BCUT2D eigenvalue weighted by molar-refractivity contribution is 0.0695. The van der Waals surface area contributed by atoms with Crippen LogP contribution in [0.25, 0.3) is 0 Å². The number of hydrogen-bond acceptors (Lipinski definition) is 8. The lowest BCUT2D eigenvalue weighted by Gasteiger charge is -2.38. The van der Waals surface area contributed by atoms with E-state index in [2.05, 4.69) is 34.1 Å². The van der Waals surface area contributed by atoms with E-state index in [1.807, 2.05) is 11.0 Å². The van der Waals surface area contributed by atoms with E-state index in [-0.39, 0.29) is 40.6 Å². The summed E-state index contributed by atoms with van der Waals surface area (Å²) in [6, 6.07) is 8.22. The number of aromatic nitrogens is 3. The van der Waals surface area contributed by atoms with Gasteiger partial charge in [0.05, 0.1) is 33.5 Å². The van der Waals surface area contributed by atoms with Crippen LogP contribution in [0.2, 0.25) is 0 Å². The Hall–Kier alpha value is -3.86. The number of amides is 1. The van der Waals surface area contributed by atoms with Gasteiger partial charge in [-0.1, -0.05) is 32.9 Å². The molecule has 0 saturated carbocycles. The first-order chi connectivity index (χ1) is 17.6. The first-order valence-electron chi connectivity index (χ1n) is 12.0. The summed E-state index contributed by atoms with van der Waals surface area (Å²) < 4.78 is 24.0. The van der Waals surface area contributed by atoms with Crippen molar-refractivity contribution in [2.24, 2.45) is 5.92 Å². The minimum atomic E-state index is -3.27. The Bertz CT molecular complexity index is 1410. The maximum atomic E-state index is 12.8. The van der Waals surface area contributed by atoms with Crippen LogP contribution in [0.3, 0.4) is 0 Å².